The molecule has 0 saturated carbocycles. The summed E-state index contributed by atoms with van der Waals surface area (Å²) in [6.07, 6.45) is -4.64. The lowest BCUT2D eigenvalue weighted by Gasteiger charge is -2.10. The largest absolute Gasteiger partial charge is 0.496 e. The topological polar surface area (TPSA) is 106 Å². The van der Waals surface area contributed by atoms with Crippen molar-refractivity contribution in [1.29, 1.82) is 5.26 Å². The van der Waals surface area contributed by atoms with Gasteiger partial charge in [-0.1, -0.05) is 6.07 Å². The first-order chi connectivity index (χ1) is 15.5. The van der Waals surface area contributed by atoms with Crippen molar-refractivity contribution in [3.8, 4) is 23.1 Å². The zero-order chi connectivity index (χ0) is 24.3. The average molecular weight is 465 g/mol. The van der Waals surface area contributed by atoms with Crippen LogP contribution in [0.1, 0.15) is 21.5 Å². The van der Waals surface area contributed by atoms with Crippen LogP contribution in [-0.4, -0.2) is 29.0 Å². The van der Waals surface area contributed by atoms with Crippen molar-refractivity contribution < 1.29 is 31.5 Å². The molecule has 33 heavy (non-hydrogen) atoms. The van der Waals surface area contributed by atoms with E-state index in [0.717, 1.165) is 18.2 Å². The maximum atomic E-state index is 14.7. The molecule has 12 heteroatoms. The fraction of sp³-hybridized carbons (Fsp3) is 0.190. The van der Waals surface area contributed by atoms with Gasteiger partial charge < -0.3 is 15.8 Å². The van der Waals surface area contributed by atoms with Crippen molar-refractivity contribution in [2.75, 3.05) is 12.8 Å². The van der Waals surface area contributed by atoms with Crippen LogP contribution in [0.15, 0.2) is 36.4 Å². The number of amides is 1. The van der Waals surface area contributed by atoms with Gasteiger partial charge in [-0.05, 0) is 35.9 Å². The summed E-state index contributed by atoms with van der Waals surface area (Å²) in [7, 11) is 1.32. The van der Waals surface area contributed by atoms with E-state index in [0.29, 0.717) is 10.2 Å². The highest BCUT2D eigenvalue weighted by molar-refractivity contribution is 5.96. The van der Waals surface area contributed by atoms with Gasteiger partial charge in [-0.15, -0.1) is 0 Å². The maximum absolute atomic E-state index is 14.7. The molecular weight excluding hydrogens is 449 g/mol. The number of nitriles is 1. The quantitative estimate of drug-likeness (QED) is 0.539. The molecule has 7 nitrogen and oxygen atoms in total. The third kappa shape index (κ3) is 5.20. The Labute approximate surface area is 184 Å². The Morgan fingerprint density at radius 3 is 2.58 bits per heavy atom. The minimum atomic E-state index is -4.64. The lowest BCUT2D eigenvalue weighted by atomic mass is 10.0. The standard InChI is InChI=1S/C21H16F5N5O2/c1-33-17-5-3-12(22)7-14(17)20(32)29-9-11-2-4-13(16(23)6-11)18-15(8-27)19(28)31(30-18)10-21(24,25)26/h2-7H,9-10,28H2,1H3,(H,29,32). The summed E-state index contributed by atoms with van der Waals surface area (Å²) in [5.41, 5.74) is 4.85. The fourth-order valence-corrected chi connectivity index (χ4v) is 3.06. The van der Waals surface area contributed by atoms with Crippen LogP contribution in [0.4, 0.5) is 27.8 Å². The van der Waals surface area contributed by atoms with Crippen molar-refractivity contribution in [3.63, 3.8) is 0 Å². The van der Waals surface area contributed by atoms with Crippen molar-refractivity contribution in [2.24, 2.45) is 0 Å². The minimum absolute atomic E-state index is 0.0565. The maximum Gasteiger partial charge on any atom is 0.408 e. The van der Waals surface area contributed by atoms with Gasteiger partial charge in [0.1, 0.15) is 47.1 Å². The molecule has 0 aliphatic heterocycles. The van der Waals surface area contributed by atoms with E-state index in [1.165, 1.54) is 25.3 Å². The number of methoxy groups -OCH3 is 1. The van der Waals surface area contributed by atoms with Crippen LogP contribution < -0.4 is 15.8 Å². The van der Waals surface area contributed by atoms with Gasteiger partial charge in [0.25, 0.3) is 5.91 Å². The number of hydrogen-bond acceptors (Lipinski definition) is 5. The Bertz CT molecular complexity index is 1250. The number of carbonyl (C=O) groups excluding carboxylic acids is 1. The molecule has 0 fully saturated rings. The number of alkyl halides is 3. The van der Waals surface area contributed by atoms with E-state index in [9.17, 15) is 32.0 Å². The van der Waals surface area contributed by atoms with Gasteiger partial charge in [-0.25, -0.2) is 13.5 Å². The Morgan fingerprint density at radius 2 is 1.97 bits per heavy atom. The third-order valence-electron chi connectivity index (χ3n) is 4.58. The van der Waals surface area contributed by atoms with Gasteiger partial charge in [0.2, 0.25) is 0 Å². The molecule has 0 saturated heterocycles. The summed E-state index contributed by atoms with van der Waals surface area (Å²) < 4.78 is 71.7. The Kier molecular flexibility index (Phi) is 6.52. The van der Waals surface area contributed by atoms with E-state index in [2.05, 4.69) is 10.4 Å². The number of anilines is 1. The molecule has 0 aliphatic rings. The summed E-state index contributed by atoms with van der Waals surface area (Å²) in [6.45, 7) is -1.69. The predicted octanol–water partition coefficient (Wildman–Crippen LogP) is 3.78. The van der Waals surface area contributed by atoms with Crippen LogP contribution in [0.2, 0.25) is 0 Å². The van der Waals surface area contributed by atoms with E-state index in [-0.39, 0.29) is 29.1 Å². The number of rotatable bonds is 6. The van der Waals surface area contributed by atoms with E-state index in [4.69, 9.17) is 10.5 Å². The molecule has 3 rings (SSSR count). The molecule has 0 spiro atoms. The van der Waals surface area contributed by atoms with E-state index in [1.807, 2.05) is 0 Å². The number of aromatic nitrogens is 2. The number of hydrogen-bond donors (Lipinski definition) is 2. The Hall–Kier alpha value is -4.14. The number of nitrogen functional groups attached to an aromatic ring is 1. The molecule has 0 bridgehead atoms. The minimum Gasteiger partial charge on any atom is -0.496 e. The number of benzene rings is 2. The van der Waals surface area contributed by atoms with Crippen LogP contribution in [0.5, 0.6) is 5.75 Å². The fourth-order valence-electron chi connectivity index (χ4n) is 3.06. The van der Waals surface area contributed by atoms with Gasteiger partial charge in [-0.3, -0.25) is 4.79 Å². The third-order valence-corrected chi connectivity index (χ3v) is 4.58. The summed E-state index contributed by atoms with van der Waals surface area (Å²) >= 11 is 0. The molecule has 2 aromatic carbocycles. The van der Waals surface area contributed by atoms with Gasteiger partial charge >= 0.3 is 6.18 Å². The molecule has 1 aromatic heterocycles. The molecule has 172 valence electrons. The predicted molar refractivity (Wildman–Crippen MR) is 107 cm³/mol. The van der Waals surface area contributed by atoms with E-state index >= 15 is 0 Å². The first kappa shape index (κ1) is 23.5. The molecule has 0 atom stereocenters. The number of nitrogens with one attached hydrogen (secondary N) is 1. The lowest BCUT2D eigenvalue weighted by molar-refractivity contribution is -0.142. The second-order valence-electron chi connectivity index (χ2n) is 6.83. The van der Waals surface area contributed by atoms with Gasteiger partial charge in [0.05, 0.1) is 12.7 Å². The summed E-state index contributed by atoms with van der Waals surface area (Å²) in [5, 5.41) is 15.4. The molecule has 3 aromatic rings. The summed E-state index contributed by atoms with van der Waals surface area (Å²) in [5.74, 6) is -2.59. The van der Waals surface area contributed by atoms with Crippen molar-refractivity contribution >= 4 is 11.7 Å². The molecule has 0 aliphatic carbocycles. The number of carbonyl (C=O) groups is 1. The molecule has 3 N–H and O–H groups in total. The first-order valence-electron chi connectivity index (χ1n) is 9.27. The zero-order valence-electron chi connectivity index (χ0n) is 17.0. The zero-order valence-corrected chi connectivity index (χ0v) is 17.0. The van der Waals surface area contributed by atoms with Crippen LogP contribution in [-0.2, 0) is 13.1 Å². The Balaban J connectivity index is 1.83. The first-order valence-corrected chi connectivity index (χ1v) is 9.27. The summed E-state index contributed by atoms with van der Waals surface area (Å²) in [4.78, 5) is 12.4. The molecular formula is C21H16F5N5O2. The summed E-state index contributed by atoms with van der Waals surface area (Å²) in [6, 6.07) is 8.67. The van der Waals surface area contributed by atoms with Crippen LogP contribution in [0, 0.1) is 23.0 Å². The second-order valence-corrected chi connectivity index (χ2v) is 6.83. The Morgan fingerprint density at radius 1 is 1.24 bits per heavy atom. The molecule has 1 amide bonds. The van der Waals surface area contributed by atoms with E-state index < -0.39 is 41.6 Å². The number of halogens is 5. The highest BCUT2D eigenvalue weighted by Gasteiger charge is 2.31. The second kappa shape index (κ2) is 9.15. The highest BCUT2D eigenvalue weighted by atomic mass is 19.4. The van der Waals surface area contributed by atoms with Gasteiger partial charge in [0.15, 0.2) is 0 Å². The van der Waals surface area contributed by atoms with Crippen molar-refractivity contribution in [3.05, 3.63) is 64.7 Å². The average Bonchev–Trinajstić information content (AvgIpc) is 3.05. The van der Waals surface area contributed by atoms with Crippen LogP contribution in [0.3, 0.4) is 0 Å². The van der Waals surface area contributed by atoms with Crippen LogP contribution in [0.25, 0.3) is 11.3 Å². The SMILES string of the molecule is COc1ccc(F)cc1C(=O)NCc1ccc(-c2nn(CC(F)(F)F)c(N)c2C#N)c(F)c1. The van der Waals surface area contributed by atoms with Gasteiger partial charge in [0, 0.05) is 12.1 Å². The normalized spacial score (nSPS) is 11.2. The number of nitrogens with two attached hydrogens (primary N) is 1. The number of nitrogens with zero attached hydrogens (tertiary/aromatic N) is 3. The monoisotopic (exact) mass is 465 g/mol. The van der Waals surface area contributed by atoms with E-state index in [1.54, 1.807) is 6.07 Å². The lowest BCUT2D eigenvalue weighted by Crippen LogP contribution is -2.23. The smallest absolute Gasteiger partial charge is 0.408 e. The van der Waals surface area contributed by atoms with Crippen LogP contribution >= 0.6 is 0 Å². The highest BCUT2D eigenvalue weighted by Crippen LogP contribution is 2.31. The van der Waals surface area contributed by atoms with Gasteiger partial charge in [-0.2, -0.15) is 23.5 Å². The number of ether oxygens (including phenoxy) is 1. The molecule has 1 heterocycles. The van der Waals surface area contributed by atoms with Crippen molar-refractivity contribution in [1.82, 2.24) is 15.1 Å². The molecule has 0 unspecified atom stereocenters. The van der Waals surface area contributed by atoms with Crippen molar-refractivity contribution in [2.45, 2.75) is 19.3 Å². The molecule has 0 radical (unpaired) electrons.